The van der Waals surface area contributed by atoms with Crippen LogP contribution in [-0.2, 0) is 0 Å². The number of fused-ring (bicyclic) bond motifs is 1. The predicted molar refractivity (Wildman–Crippen MR) is 97.9 cm³/mol. The molecule has 3 fully saturated rings. The summed E-state index contributed by atoms with van der Waals surface area (Å²) in [6.07, 6.45) is 15.5. The van der Waals surface area contributed by atoms with E-state index in [0.29, 0.717) is 0 Å². The van der Waals surface area contributed by atoms with Crippen LogP contribution in [0.25, 0.3) is 0 Å². The molecule has 3 rings (SSSR count). The molecule has 1 saturated carbocycles. The van der Waals surface area contributed by atoms with Crippen LogP contribution in [0.15, 0.2) is 12.3 Å². The normalized spacial score (nSPS) is 30.1. The van der Waals surface area contributed by atoms with Gasteiger partial charge in [0.25, 0.3) is 0 Å². The smallest absolute Gasteiger partial charge is 0.0230 e. The Kier molecular flexibility index (Phi) is 6.55. The molecule has 0 amide bonds. The lowest BCUT2D eigenvalue weighted by Gasteiger charge is -2.43. The van der Waals surface area contributed by atoms with Crippen molar-refractivity contribution in [3.8, 4) is 0 Å². The van der Waals surface area contributed by atoms with E-state index in [1.54, 1.807) is 0 Å². The van der Waals surface area contributed by atoms with Gasteiger partial charge in [-0.2, -0.15) is 0 Å². The third-order valence-corrected chi connectivity index (χ3v) is 7.12. The van der Waals surface area contributed by atoms with Gasteiger partial charge in [0.2, 0.25) is 0 Å². The highest BCUT2D eigenvalue weighted by atomic mass is 32.2. The van der Waals surface area contributed by atoms with Crippen LogP contribution in [0.2, 0.25) is 0 Å². The Labute approximate surface area is 141 Å². The highest BCUT2D eigenvalue weighted by molar-refractivity contribution is 7.97. The summed E-state index contributed by atoms with van der Waals surface area (Å²) in [7, 11) is 0. The molecule has 2 saturated heterocycles. The third-order valence-electron chi connectivity index (χ3n) is 5.86. The molecule has 2 atom stereocenters. The van der Waals surface area contributed by atoms with Crippen LogP contribution in [0.5, 0.6) is 0 Å². The Bertz CT molecular complexity index is 349. The van der Waals surface area contributed by atoms with Crippen molar-refractivity contribution in [1.82, 2.24) is 9.21 Å². The molecule has 2 aliphatic heterocycles. The van der Waals surface area contributed by atoms with Crippen molar-refractivity contribution < 1.29 is 0 Å². The second kappa shape index (κ2) is 8.63. The molecule has 0 aromatic rings. The van der Waals surface area contributed by atoms with Gasteiger partial charge in [-0.3, -0.25) is 0 Å². The van der Waals surface area contributed by atoms with Crippen molar-refractivity contribution in [1.29, 1.82) is 0 Å². The van der Waals surface area contributed by atoms with Crippen molar-refractivity contribution in [2.75, 3.05) is 25.4 Å². The van der Waals surface area contributed by atoms with E-state index in [9.17, 15) is 0 Å². The lowest BCUT2D eigenvalue weighted by atomic mass is 9.79. The number of allylic oxidation sites excluding steroid dienone is 1. The van der Waals surface area contributed by atoms with Gasteiger partial charge < -0.3 is 4.90 Å². The summed E-state index contributed by atoms with van der Waals surface area (Å²) in [6, 6.07) is 0.901. The number of piperidine rings is 2. The molecule has 0 bridgehead atoms. The maximum Gasteiger partial charge on any atom is 0.0230 e. The van der Waals surface area contributed by atoms with E-state index in [1.807, 2.05) is 0 Å². The van der Waals surface area contributed by atoms with Crippen LogP contribution < -0.4 is 0 Å². The predicted octanol–water partition coefficient (Wildman–Crippen LogP) is 5.07. The number of likely N-dealkylation sites (tertiary alicyclic amines) is 1. The van der Waals surface area contributed by atoms with Crippen molar-refractivity contribution in [3.63, 3.8) is 0 Å². The molecule has 2 unspecified atom stereocenters. The molecule has 0 N–H and O–H groups in total. The van der Waals surface area contributed by atoms with Crippen molar-refractivity contribution in [3.05, 3.63) is 12.3 Å². The van der Waals surface area contributed by atoms with E-state index >= 15 is 0 Å². The van der Waals surface area contributed by atoms with Gasteiger partial charge in [0.05, 0.1) is 0 Å². The minimum Gasteiger partial charge on any atom is -0.375 e. The Hall–Kier alpha value is -0.150. The molecule has 3 aliphatic rings. The molecule has 2 nitrogen and oxygen atoms in total. The van der Waals surface area contributed by atoms with E-state index < -0.39 is 0 Å². The van der Waals surface area contributed by atoms with E-state index in [-0.39, 0.29) is 0 Å². The maximum atomic E-state index is 4.33. The van der Waals surface area contributed by atoms with Crippen LogP contribution >= 0.6 is 11.9 Å². The number of nitrogens with zero attached hydrogens (tertiary/aromatic N) is 2. The summed E-state index contributed by atoms with van der Waals surface area (Å²) in [5.74, 6) is 2.30. The van der Waals surface area contributed by atoms with Crippen LogP contribution in [0, 0.1) is 5.92 Å². The Morgan fingerprint density at radius 1 is 0.909 bits per heavy atom. The highest BCUT2D eigenvalue weighted by Gasteiger charge is 2.33. The third kappa shape index (κ3) is 4.44. The number of hydrogen-bond donors (Lipinski definition) is 0. The van der Waals surface area contributed by atoms with Gasteiger partial charge in [0.15, 0.2) is 0 Å². The molecule has 126 valence electrons. The summed E-state index contributed by atoms with van der Waals surface area (Å²) in [4.78, 5) is 2.53. The summed E-state index contributed by atoms with van der Waals surface area (Å²) >= 11 is 2.15. The van der Waals surface area contributed by atoms with E-state index in [1.165, 1.54) is 102 Å². The van der Waals surface area contributed by atoms with E-state index in [4.69, 9.17) is 0 Å². The fourth-order valence-corrected chi connectivity index (χ4v) is 5.80. The quantitative estimate of drug-likeness (QED) is 0.498. The highest BCUT2D eigenvalue weighted by Crippen LogP contribution is 2.38. The molecule has 0 aromatic carbocycles. The molecule has 3 heteroatoms. The zero-order valence-corrected chi connectivity index (χ0v) is 15.1. The minimum absolute atomic E-state index is 0.901. The SMILES string of the molecule is C=C(CCCSN1CCCC2CCCCC21)N1CCCCC1. The minimum atomic E-state index is 0.901. The number of hydrogen-bond acceptors (Lipinski definition) is 3. The Morgan fingerprint density at radius 2 is 1.68 bits per heavy atom. The lowest BCUT2D eigenvalue weighted by Crippen LogP contribution is -2.43. The van der Waals surface area contributed by atoms with Crippen molar-refractivity contribution in [2.24, 2.45) is 5.92 Å². The van der Waals surface area contributed by atoms with Crippen molar-refractivity contribution >= 4 is 11.9 Å². The van der Waals surface area contributed by atoms with Gasteiger partial charge in [-0.25, -0.2) is 4.31 Å². The van der Waals surface area contributed by atoms with Crippen molar-refractivity contribution in [2.45, 2.75) is 76.7 Å². The fourth-order valence-electron chi connectivity index (χ4n) is 4.57. The molecule has 0 spiro atoms. The average molecular weight is 323 g/mol. The second-order valence-corrected chi connectivity index (χ2v) is 8.58. The first kappa shape index (κ1) is 16.7. The average Bonchev–Trinajstić information content (AvgIpc) is 2.59. The molecule has 0 radical (unpaired) electrons. The van der Waals surface area contributed by atoms with Crippen LogP contribution in [0.4, 0.5) is 0 Å². The number of rotatable bonds is 6. The summed E-state index contributed by atoms with van der Waals surface area (Å²) in [5, 5.41) is 0. The van der Waals surface area contributed by atoms with E-state index in [0.717, 1.165) is 12.0 Å². The molecule has 2 heterocycles. The lowest BCUT2D eigenvalue weighted by molar-refractivity contribution is 0.139. The van der Waals surface area contributed by atoms with Gasteiger partial charge in [0.1, 0.15) is 0 Å². The topological polar surface area (TPSA) is 6.48 Å². The van der Waals surface area contributed by atoms with Crippen LogP contribution in [0.3, 0.4) is 0 Å². The summed E-state index contributed by atoms with van der Waals surface area (Å²) in [5.41, 5.74) is 1.40. The largest absolute Gasteiger partial charge is 0.375 e. The summed E-state index contributed by atoms with van der Waals surface area (Å²) < 4.78 is 2.76. The molecule has 0 aromatic heterocycles. The Balaban J connectivity index is 1.34. The zero-order valence-electron chi connectivity index (χ0n) is 14.3. The first-order chi connectivity index (χ1) is 10.8. The Morgan fingerprint density at radius 3 is 2.55 bits per heavy atom. The first-order valence-corrected chi connectivity index (χ1v) is 10.6. The van der Waals surface area contributed by atoms with E-state index in [2.05, 4.69) is 27.7 Å². The van der Waals surface area contributed by atoms with Gasteiger partial charge >= 0.3 is 0 Å². The molecule has 1 aliphatic carbocycles. The van der Waals surface area contributed by atoms with Gasteiger partial charge in [0, 0.05) is 37.1 Å². The standard InChI is InChI=1S/C19H34N2S/c1-17(20-13-5-2-6-14-20)9-8-16-22-21-15-7-11-18-10-3-4-12-19(18)21/h18-19H,1-16H2. The van der Waals surface area contributed by atoms with Gasteiger partial charge in [-0.15, -0.1) is 0 Å². The fraction of sp³-hybridized carbons (Fsp3) is 0.895. The maximum absolute atomic E-state index is 4.33. The first-order valence-electron chi connectivity index (χ1n) is 9.67. The van der Waals surface area contributed by atoms with Crippen LogP contribution in [-0.4, -0.2) is 40.6 Å². The molecular formula is C19H34N2S. The molecule has 22 heavy (non-hydrogen) atoms. The van der Waals surface area contributed by atoms with Gasteiger partial charge in [-0.1, -0.05) is 31.4 Å². The van der Waals surface area contributed by atoms with Crippen LogP contribution in [0.1, 0.15) is 70.6 Å². The monoisotopic (exact) mass is 322 g/mol. The zero-order chi connectivity index (χ0) is 15.2. The van der Waals surface area contributed by atoms with Gasteiger partial charge in [-0.05, 0) is 63.7 Å². The second-order valence-electron chi connectivity index (χ2n) is 7.45. The molecular weight excluding hydrogens is 288 g/mol. The summed E-state index contributed by atoms with van der Waals surface area (Å²) in [6.45, 7) is 8.17.